The van der Waals surface area contributed by atoms with Crippen LogP contribution in [0.1, 0.15) is 53.8 Å². The first-order chi connectivity index (χ1) is 13.6. The molecule has 3 aromatic rings. The molecule has 0 aliphatic heterocycles. The maximum absolute atomic E-state index is 13.1. The molecule has 1 saturated carbocycles. The summed E-state index contributed by atoms with van der Waals surface area (Å²) < 4.78 is 16.8. The topological polar surface area (TPSA) is 65.7 Å². The second kappa shape index (κ2) is 7.50. The lowest BCUT2D eigenvalue weighted by atomic mass is 10.1. The molecule has 4 rings (SSSR count). The van der Waals surface area contributed by atoms with Gasteiger partial charge < -0.3 is 13.9 Å². The first-order valence-corrected chi connectivity index (χ1v) is 9.59. The van der Waals surface area contributed by atoms with Gasteiger partial charge in [-0.15, -0.1) is 0 Å². The van der Waals surface area contributed by atoms with Crippen LogP contribution >= 0.6 is 0 Å². The smallest absolute Gasteiger partial charge is 0.338 e. The summed E-state index contributed by atoms with van der Waals surface area (Å²) in [5, 5.41) is 0.328. The molecule has 1 aromatic heterocycles. The van der Waals surface area contributed by atoms with E-state index < -0.39 is 5.97 Å². The van der Waals surface area contributed by atoms with Crippen molar-refractivity contribution in [3.8, 4) is 5.75 Å². The molecule has 1 aliphatic rings. The summed E-state index contributed by atoms with van der Waals surface area (Å²) in [6.45, 7) is 4.22. The minimum atomic E-state index is -0.461. The molecule has 28 heavy (non-hydrogen) atoms. The molecular formula is C23H22O5. The van der Waals surface area contributed by atoms with Crippen LogP contribution in [0.25, 0.3) is 11.0 Å². The predicted octanol–water partition coefficient (Wildman–Crippen LogP) is 4.64. The van der Waals surface area contributed by atoms with Gasteiger partial charge in [0, 0.05) is 5.92 Å². The van der Waals surface area contributed by atoms with Crippen molar-refractivity contribution in [3.05, 3.63) is 75.6 Å². The summed E-state index contributed by atoms with van der Waals surface area (Å²) in [6.07, 6.45) is 0.916. The Balaban J connectivity index is 1.77. The monoisotopic (exact) mass is 378 g/mol. The van der Waals surface area contributed by atoms with Crippen molar-refractivity contribution in [1.82, 2.24) is 0 Å². The van der Waals surface area contributed by atoms with Crippen LogP contribution in [0.4, 0.5) is 0 Å². The average molecular weight is 378 g/mol. The highest BCUT2D eigenvalue weighted by molar-refractivity contribution is 5.94. The third-order valence-electron chi connectivity index (χ3n) is 5.03. The highest BCUT2D eigenvalue weighted by Gasteiger charge is 2.44. The lowest BCUT2D eigenvalue weighted by Gasteiger charge is -2.11. The standard InChI is InChI=1S/C23H22O5/c1-3-26-22-20(24)18-12-15(23(25)27-4-2)10-11-19(18)28-21(22)17-13-16(17)14-8-6-5-7-9-14/h5-12,16-17H,3-4,13H2,1-2H3. The number of hydrogen-bond acceptors (Lipinski definition) is 5. The lowest BCUT2D eigenvalue weighted by molar-refractivity contribution is 0.0526. The molecule has 2 aromatic carbocycles. The number of carbonyl (C=O) groups is 1. The number of carbonyl (C=O) groups excluding carboxylic acids is 1. The maximum Gasteiger partial charge on any atom is 0.338 e. The van der Waals surface area contributed by atoms with E-state index in [2.05, 4.69) is 12.1 Å². The van der Waals surface area contributed by atoms with Gasteiger partial charge in [0.25, 0.3) is 0 Å². The Hall–Kier alpha value is -3.08. The third kappa shape index (κ3) is 3.28. The van der Waals surface area contributed by atoms with E-state index in [9.17, 15) is 9.59 Å². The van der Waals surface area contributed by atoms with E-state index in [0.29, 0.717) is 34.8 Å². The Morgan fingerprint density at radius 1 is 1.07 bits per heavy atom. The molecule has 1 heterocycles. The number of esters is 1. The second-order valence-corrected chi connectivity index (χ2v) is 6.85. The van der Waals surface area contributed by atoms with Crippen LogP contribution in [0.2, 0.25) is 0 Å². The minimum absolute atomic E-state index is 0.116. The van der Waals surface area contributed by atoms with Gasteiger partial charge in [0.1, 0.15) is 5.58 Å². The summed E-state index contributed by atoms with van der Waals surface area (Å²) in [5.41, 5.74) is 1.76. The van der Waals surface area contributed by atoms with Crippen LogP contribution in [0.5, 0.6) is 5.75 Å². The molecule has 0 saturated heterocycles. The Morgan fingerprint density at radius 2 is 1.86 bits per heavy atom. The van der Waals surface area contributed by atoms with Crippen molar-refractivity contribution in [2.45, 2.75) is 32.1 Å². The summed E-state index contributed by atoms with van der Waals surface area (Å²) in [4.78, 5) is 25.1. The van der Waals surface area contributed by atoms with E-state index in [-0.39, 0.29) is 23.7 Å². The largest absolute Gasteiger partial charge is 0.487 e. The molecule has 0 amide bonds. The van der Waals surface area contributed by atoms with Crippen LogP contribution in [0.3, 0.4) is 0 Å². The zero-order valence-electron chi connectivity index (χ0n) is 15.9. The number of benzene rings is 2. The van der Waals surface area contributed by atoms with Crippen molar-refractivity contribution in [2.24, 2.45) is 0 Å². The van der Waals surface area contributed by atoms with Crippen molar-refractivity contribution in [3.63, 3.8) is 0 Å². The van der Waals surface area contributed by atoms with Crippen LogP contribution in [-0.4, -0.2) is 19.2 Å². The summed E-state index contributed by atoms with van der Waals surface area (Å²) >= 11 is 0. The van der Waals surface area contributed by atoms with Gasteiger partial charge in [0.2, 0.25) is 11.2 Å². The number of hydrogen-bond donors (Lipinski definition) is 0. The summed E-state index contributed by atoms with van der Waals surface area (Å²) in [6, 6.07) is 15.0. The molecule has 144 valence electrons. The first kappa shape index (κ1) is 18.3. The molecular weight excluding hydrogens is 356 g/mol. The van der Waals surface area contributed by atoms with Gasteiger partial charge in [-0.3, -0.25) is 4.79 Å². The van der Waals surface area contributed by atoms with Gasteiger partial charge in [-0.05, 0) is 49.9 Å². The molecule has 5 heteroatoms. The van der Waals surface area contributed by atoms with Crippen LogP contribution in [0, 0.1) is 0 Å². The Kier molecular flexibility index (Phi) is 4.90. The highest BCUT2D eigenvalue weighted by atomic mass is 16.5. The van der Waals surface area contributed by atoms with Gasteiger partial charge >= 0.3 is 5.97 Å². The summed E-state index contributed by atoms with van der Waals surface area (Å²) in [5.74, 6) is 0.819. The SMILES string of the molecule is CCOC(=O)c1ccc2oc(C3CC3c3ccccc3)c(OCC)c(=O)c2c1. The number of fused-ring (bicyclic) bond motifs is 1. The van der Waals surface area contributed by atoms with Crippen LogP contribution < -0.4 is 10.2 Å². The minimum Gasteiger partial charge on any atom is -0.487 e. The fraction of sp³-hybridized carbons (Fsp3) is 0.304. The third-order valence-corrected chi connectivity index (χ3v) is 5.03. The van der Waals surface area contributed by atoms with E-state index in [1.165, 1.54) is 11.6 Å². The molecule has 1 aliphatic carbocycles. The molecule has 5 nitrogen and oxygen atoms in total. The van der Waals surface area contributed by atoms with Gasteiger partial charge in [0.05, 0.1) is 24.2 Å². The van der Waals surface area contributed by atoms with E-state index in [1.54, 1.807) is 19.1 Å². The molecule has 0 spiro atoms. The molecule has 0 radical (unpaired) electrons. The first-order valence-electron chi connectivity index (χ1n) is 9.59. The fourth-order valence-corrected chi connectivity index (χ4v) is 3.62. The van der Waals surface area contributed by atoms with Gasteiger partial charge in [0.15, 0.2) is 5.76 Å². The zero-order valence-corrected chi connectivity index (χ0v) is 15.9. The lowest BCUT2D eigenvalue weighted by Crippen LogP contribution is -2.12. The van der Waals surface area contributed by atoms with E-state index >= 15 is 0 Å². The van der Waals surface area contributed by atoms with Gasteiger partial charge in [-0.25, -0.2) is 4.79 Å². The maximum atomic E-state index is 13.1. The van der Waals surface area contributed by atoms with Crippen molar-refractivity contribution < 1.29 is 18.7 Å². The van der Waals surface area contributed by atoms with Gasteiger partial charge in [-0.2, -0.15) is 0 Å². The zero-order chi connectivity index (χ0) is 19.7. The Morgan fingerprint density at radius 3 is 2.57 bits per heavy atom. The van der Waals surface area contributed by atoms with Crippen LogP contribution in [0.15, 0.2) is 57.7 Å². The fourth-order valence-electron chi connectivity index (χ4n) is 3.62. The van der Waals surface area contributed by atoms with E-state index in [1.807, 2.05) is 25.1 Å². The van der Waals surface area contributed by atoms with Gasteiger partial charge in [-0.1, -0.05) is 30.3 Å². The predicted molar refractivity (Wildman–Crippen MR) is 106 cm³/mol. The summed E-state index contributed by atoms with van der Waals surface area (Å²) in [7, 11) is 0. The molecule has 1 fully saturated rings. The van der Waals surface area contributed by atoms with Crippen LogP contribution in [-0.2, 0) is 4.74 Å². The molecule has 2 atom stereocenters. The van der Waals surface area contributed by atoms with Crippen molar-refractivity contribution in [2.75, 3.05) is 13.2 Å². The highest BCUT2D eigenvalue weighted by Crippen LogP contribution is 2.56. The molecule has 0 N–H and O–H groups in total. The van der Waals surface area contributed by atoms with E-state index in [4.69, 9.17) is 13.9 Å². The number of ether oxygens (including phenoxy) is 2. The molecule has 0 bridgehead atoms. The number of rotatable bonds is 6. The Labute approximate surface area is 162 Å². The van der Waals surface area contributed by atoms with Crippen molar-refractivity contribution in [1.29, 1.82) is 0 Å². The normalized spacial score (nSPS) is 18.1. The van der Waals surface area contributed by atoms with E-state index in [0.717, 1.165) is 6.42 Å². The quantitative estimate of drug-likeness (QED) is 0.585. The van der Waals surface area contributed by atoms with Crippen molar-refractivity contribution >= 4 is 16.9 Å². The Bertz CT molecular complexity index is 1070. The second-order valence-electron chi connectivity index (χ2n) is 6.85. The average Bonchev–Trinajstić information content (AvgIpc) is 3.51. The molecule has 2 unspecified atom stereocenters.